The van der Waals surface area contributed by atoms with E-state index in [2.05, 4.69) is 31.0 Å². The third-order valence-corrected chi connectivity index (χ3v) is 8.71. The zero-order chi connectivity index (χ0) is 22.5. The third kappa shape index (κ3) is 6.13. The number of aliphatic hydroxyl groups is 2. The molecule has 5 heteroatoms. The second kappa shape index (κ2) is 12.6. The molecule has 1 radical (unpaired) electrons. The van der Waals surface area contributed by atoms with Crippen LogP contribution in [0.15, 0.2) is 48.5 Å². The van der Waals surface area contributed by atoms with Crippen LogP contribution in [-0.2, 0) is 20.1 Å². The first-order valence-corrected chi connectivity index (χ1v) is 13.1. The SMILES string of the molecule is CC[C@H]1CCCC2CC[C@H](CC)C(O)C2C1O.[Ir].[c-]1ccccc1-c1nc2ccccc2s1. The summed E-state index contributed by atoms with van der Waals surface area (Å²) in [4.78, 5) is 4.57. The van der Waals surface area contributed by atoms with E-state index in [0.29, 0.717) is 17.8 Å². The molecular formula is C28H36IrNO2S-. The van der Waals surface area contributed by atoms with E-state index >= 15 is 0 Å². The molecule has 2 aliphatic carbocycles. The van der Waals surface area contributed by atoms with Crippen molar-refractivity contribution in [2.75, 3.05) is 0 Å². The molecule has 0 aliphatic heterocycles. The predicted molar refractivity (Wildman–Crippen MR) is 134 cm³/mol. The Bertz CT molecular complexity index is 945. The summed E-state index contributed by atoms with van der Waals surface area (Å²) < 4.78 is 1.23. The van der Waals surface area contributed by atoms with Crippen molar-refractivity contribution in [2.45, 2.75) is 71.0 Å². The molecule has 2 aliphatic rings. The molecule has 33 heavy (non-hydrogen) atoms. The second-order valence-electron chi connectivity index (χ2n) is 9.43. The van der Waals surface area contributed by atoms with Crippen LogP contribution in [0.4, 0.5) is 0 Å². The van der Waals surface area contributed by atoms with Crippen molar-refractivity contribution < 1.29 is 30.3 Å². The first-order chi connectivity index (χ1) is 15.6. The van der Waals surface area contributed by atoms with Crippen LogP contribution >= 0.6 is 11.3 Å². The van der Waals surface area contributed by atoms with Crippen LogP contribution in [0.3, 0.4) is 0 Å². The van der Waals surface area contributed by atoms with E-state index in [-0.39, 0.29) is 38.2 Å². The minimum Gasteiger partial charge on any atom is -0.392 e. The fourth-order valence-corrected chi connectivity index (χ4v) is 6.69. The van der Waals surface area contributed by atoms with Crippen LogP contribution in [-0.4, -0.2) is 27.4 Å². The second-order valence-corrected chi connectivity index (χ2v) is 10.5. The number of benzene rings is 2. The number of aromatic nitrogens is 1. The molecule has 6 atom stereocenters. The Morgan fingerprint density at radius 3 is 2.27 bits per heavy atom. The van der Waals surface area contributed by atoms with E-state index in [1.165, 1.54) is 24.0 Å². The van der Waals surface area contributed by atoms with E-state index in [9.17, 15) is 10.2 Å². The molecule has 2 aromatic carbocycles. The summed E-state index contributed by atoms with van der Waals surface area (Å²) in [5.74, 6) is 1.55. The topological polar surface area (TPSA) is 53.4 Å². The van der Waals surface area contributed by atoms with Crippen molar-refractivity contribution in [1.29, 1.82) is 0 Å². The summed E-state index contributed by atoms with van der Waals surface area (Å²) in [6.45, 7) is 4.33. The number of aliphatic hydroxyl groups excluding tert-OH is 2. The Hall–Kier alpha value is -1.10. The summed E-state index contributed by atoms with van der Waals surface area (Å²) in [5, 5.41) is 22.1. The van der Waals surface area contributed by atoms with Gasteiger partial charge in [0.1, 0.15) is 0 Å². The fraction of sp³-hybridized carbons (Fsp3) is 0.536. The molecule has 1 heterocycles. The maximum atomic E-state index is 10.6. The van der Waals surface area contributed by atoms with E-state index in [0.717, 1.165) is 41.8 Å². The number of hydrogen-bond donors (Lipinski definition) is 2. The van der Waals surface area contributed by atoms with E-state index in [1.54, 1.807) is 11.3 Å². The van der Waals surface area contributed by atoms with Crippen LogP contribution in [0.1, 0.15) is 58.8 Å². The van der Waals surface area contributed by atoms with Crippen LogP contribution < -0.4 is 0 Å². The van der Waals surface area contributed by atoms with E-state index < -0.39 is 0 Å². The molecule has 0 saturated heterocycles. The van der Waals surface area contributed by atoms with Gasteiger partial charge in [-0.15, -0.1) is 35.9 Å². The van der Waals surface area contributed by atoms with Crippen molar-refractivity contribution in [2.24, 2.45) is 23.7 Å². The third-order valence-electron chi connectivity index (χ3n) is 7.64. The largest absolute Gasteiger partial charge is 0.392 e. The number of thiazole rings is 1. The van der Waals surface area contributed by atoms with E-state index in [1.807, 2.05) is 42.5 Å². The van der Waals surface area contributed by atoms with Gasteiger partial charge in [-0.3, -0.25) is 4.98 Å². The van der Waals surface area contributed by atoms with Gasteiger partial charge in [0, 0.05) is 35.7 Å². The molecule has 5 rings (SSSR count). The van der Waals surface area contributed by atoms with Crippen LogP contribution in [0, 0.1) is 29.7 Å². The van der Waals surface area contributed by atoms with Crippen molar-refractivity contribution in [3.8, 4) is 10.6 Å². The van der Waals surface area contributed by atoms with Crippen molar-refractivity contribution in [3.63, 3.8) is 0 Å². The van der Waals surface area contributed by atoms with Gasteiger partial charge in [0.05, 0.1) is 17.7 Å². The molecule has 2 N–H and O–H groups in total. The van der Waals surface area contributed by atoms with Gasteiger partial charge in [-0.25, -0.2) is 0 Å². The van der Waals surface area contributed by atoms with Gasteiger partial charge in [0.25, 0.3) is 0 Å². The standard InChI is InChI=1S/C15H28O2.C13H8NS.Ir/c1-3-10-6-5-7-12-9-8-11(4-2)15(17)13(12)14(10)16;1-2-6-10(7-3-1)13-14-11-8-4-5-9-12(11)15-13;/h10-17H,3-9H2,1-2H3;1-6,8-9H;/q;-1;/t10-,11-,12?,13?,14?,15?;;/m0../s1. The average Bonchev–Trinajstić information content (AvgIpc) is 3.20. The Labute approximate surface area is 216 Å². The maximum Gasteiger partial charge on any atom is 0.0697 e. The van der Waals surface area contributed by atoms with Gasteiger partial charge in [0.15, 0.2) is 0 Å². The monoisotopic (exact) mass is 643 g/mol. The number of nitrogens with zero attached hydrogens (tertiary/aromatic N) is 1. The molecule has 0 bridgehead atoms. The zero-order valence-electron chi connectivity index (χ0n) is 19.6. The Morgan fingerprint density at radius 1 is 0.909 bits per heavy atom. The maximum absolute atomic E-state index is 10.6. The molecule has 3 aromatic rings. The number of rotatable bonds is 3. The first kappa shape index (κ1) is 26.5. The Morgan fingerprint density at radius 2 is 1.61 bits per heavy atom. The summed E-state index contributed by atoms with van der Waals surface area (Å²) in [6.07, 6.45) is 7.54. The van der Waals surface area contributed by atoms with Gasteiger partial charge in [-0.05, 0) is 55.6 Å². The van der Waals surface area contributed by atoms with Crippen molar-refractivity contribution in [3.05, 3.63) is 54.6 Å². The number of hydrogen-bond acceptors (Lipinski definition) is 4. The van der Waals surface area contributed by atoms with Crippen LogP contribution in [0.2, 0.25) is 0 Å². The summed E-state index contributed by atoms with van der Waals surface area (Å²) in [5.41, 5.74) is 2.13. The molecule has 2 saturated carbocycles. The van der Waals surface area contributed by atoms with Gasteiger partial charge >= 0.3 is 0 Å². The first-order valence-electron chi connectivity index (χ1n) is 12.3. The van der Waals surface area contributed by atoms with E-state index in [4.69, 9.17) is 0 Å². The molecular weight excluding hydrogens is 607 g/mol. The fourth-order valence-electron chi connectivity index (χ4n) is 5.73. The molecule has 2 fully saturated rings. The minimum absolute atomic E-state index is 0. The molecule has 0 spiro atoms. The number of fused-ring (bicyclic) bond motifs is 2. The van der Waals surface area contributed by atoms with Crippen LogP contribution in [0.25, 0.3) is 20.8 Å². The quantitative estimate of drug-likeness (QED) is 0.312. The molecule has 4 unspecified atom stereocenters. The van der Waals surface area contributed by atoms with Crippen molar-refractivity contribution in [1.82, 2.24) is 4.98 Å². The Balaban J connectivity index is 0.000000181. The average molecular weight is 643 g/mol. The minimum atomic E-state index is -0.267. The smallest absolute Gasteiger partial charge is 0.0697 e. The van der Waals surface area contributed by atoms with Gasteiger partial charge in [0.2, 0.25) is 0 Å². The number of para-hydroxylation sites is 1. The summed E-state index contributed by atoms with van der Waals surface area (Å²) >= 11 is 1.71. The van der Waals surface area contributed by atoms with Gasteiger partial charge < -0.3 is 10.2 Å². The summed E-state index contributed by atoms with van der Waals surface area (Å²) in [6, 6.07) is 19.3. The molecule has 3 nitrogen and oxygen atoms in total. The normalized spacial score (nSPS) is 29.2. The van der Waals surface area contributed by atoms with Crippen molar-refractivity contribution >= 4 is 21.6 Å². The summed E-state index contributed by atoms with van der Waals surface area (Å²) in [7, 11) is 0. The molecule has 181 valence electrons. The molecule has 0 amide bonds. The zero-order valence-corrected chi connectivity index (χ0v) is 22.8. The predicted octanol–water partition coefficient (Wildman–Crippen LogP) is 6.73. The molecule has 1 aromatic heterocycles. The Kier molecular flexibility index (Phi) is 10.1. The van der Waals surface area contributed by atoms with Gasteiger partial charge in [-0.2, -0.15) is 11.3 Å². The van der Waals surface area contributed by atoms with Gasteiger partial charge in [-0.1, -0.05) is 45.2 Å². The van der Waals surface area contributed by atoms with Crippen LogP contribution in [0.5, 0.6) is 0 Å².